The molecule has 0 radical (unpaired) electrons. The molecule has 0 aliphatic carbocycles. The number of nitrogens with one attached hydrogen (secondary N) is 2. The van der Waals surface area contributed by atoms with Gasteiger partial charge in [0.1, 0.15) is 0 Å². The summed E-state index contributed by atoms with van der Waals surface area (Å²) in [5, 5.41) is 6.91. The molecule has 27 heavy (non-hydrogen) atoms. The number of ether oxygens (including phenoxy) is 1. The number of anilines is 1. The van der Waals surface area contributed by atoms with Crippen LogP contribution in [0.5, 0.6) is 5.75 Å². The minimum absolute atomic E-state index is 0.334. The van der Waals surface area contributed by atoms with Crippen LogP contribution < -0.4 is 15.5 Å². The van der Waals surface area contributed by atoms with E-state index in [1.807, 2.05) is 19.9 Å². The first kappa shape index (κ1) is 20.7. The smallest absolute Gasteiger partial charge is 0.329 e. The van der Waals surface area contributed by atoms with Gasteiger partial charge >= 0.3 is 11.8 Å². The molecule has 2 amide bonds. The van der Waals surface area contributed by atoms with Gasteiger partial charge in [-0.25, -0.2) is 5.43 Å². The average molecular weight is 408 g/mol. The molecule has 2 aromatic rings. The lowest BCUT2D eigenvalue weighted by molar-refractivity contribution is -0.136. The molecular formula is C19H19Cl2N3O3. The van der Waals surface area contributed by atoms with Crippen molar-refractivity contribution in [1.29, 1.82) is 0 Å². The summed E-state index contributed by atoms with van der Waals surface area (Å²) >= 11 is 12.3. The van der Waals surface area contributed by atoms with Crippen molar-refractivity contribution in [3.63, 3.8) is 0 Å². The highest BCUT2D eigenvalue weighted by Gasteiger charge is 2.13. The Kier molecular flexibility index (Phi) is 7.64. The molecule has 0 aliphatic rings. The van der Waals surface area contributed by atoms with E-state index < -0.39 is 11.8 Å². The third-order valence-electron chi connectivity index (χ3n) is 3.33. The number of aryl methyl sites for hydroxylation is 1. The number of benzene rings is 2. The van der Waals surface area contributed by atoms with Crippen molar-refractivity contribution < 1.29 is 14.3 Å². The lowest BCUT2D eigenvalue weighted by Gasteiger charge is -2.09. The zero-order valence-electron chi connectivity index (χ0n) is 14.9. The van der Waals surface area contributed by atoms with Gasteiger partial charge in [-0.15, -0.1) is 0 Å². The fraction of sp³-hybridized carbons (Fsp3) is 0.211. The average Bonchev–Trinajstić information content (AvgIpc) is 2.61. The van der Waals surface area contributed by atoms with Gasteiger partial charge in [0.05, 0.1) is 22.9 Å². The number of hydrogen-bond acceptors (Lipinski definition) is 4. The van der Waals surface area contributed by atoms with E-state index in [2.05, 4.69) is 15.8 Å². The van der Waals surface area contributed by atoms with Gasteiger partial charge in [0.2, 0.25) is 0 Å². The number of amides is 2. The van der Waals surface area contributed by atoms with E-state index in [-0.39, 0.29) is 0 Å². The highest BCUT2D eigenvalue weighted by molar-refractivity contribution is 6.39. The Morgan fingerprint density at radius 3 is 2.48 bits per heavy atom. The van der Waals surface area contributed by atoms with Crippen LogP contribution >= 0.6 is 23.2 Å². The van der Waals surface area contributed by atoms with Crippen LogP contribution in [-0.4, -0.2) is 24.6 Å². The number of hydrogen-bond donors (Lipinski definition) is 2. The van der Waals surface area contributed by atoms with Gasteiger partial charge in [0.15, 0.2) is 5.75 Å². The molecule has 0 unspecified atom stereocenters. The van der Waals surface area contributed by atoms with Crippen LogP contribution in [-0.2, 0) is 9.59 Å². The highest BCUT2D eigenvalue weighted by atomic mass is 35.5. The highest BCUT2D eigenvalue weighted by Crippen LogP contribution is 2.33. The molecule has 0 atom stereocenters. The molecule has 2 rings (SSSR count). The van der Waals surface area contributed by atoms with Crippen molar-refractivity contribution in [2.24, 2.45) is 5.10 Å². The standard InChI is InChI=1S/C19H19Cl2N3O3/c1-3-7-27-17-15(20)9-13(10-16(17)21)11-22-24-19(26)18(25)23-14-6-4-5-12(2)8-14/h4-6,8-11H,3,7H2,1-2H3,(H,23,25)(H,24,26)/b22-11-. The summed E-state index contributed by atoms with van der Waals surface area (Å²) in [6.45, 7) is 4.36. The summed E-state index contributed by atoms with van der Waals surface area (Å²) in [6.07, 6.45) is 2.16. The molecule has 8 heteroatoms. The number of nitrogens with zero attached hydrogens (tertiary/aromatic N) is 1. The van der Waals surface area contributed by atoms with Crippen molar-refractivity contribution in [2.45, 2.75) is 20.3 Å². The molecule has 0 spiro atoms. The maximum atomic E-state index is 11.9. The van der Waals surface area contributed by atoms with Crippen LogP contribution in [0.4, 0.5) is 5.69 Å². The first-order valence-corrected chi connectivity index (χ1v) is 8.99. The zero-order valence-corrected chi connectivity index (χ0v) is 16.4. The molecule has 6 nitrogen and oxygen atoms in total. The molecule has 0 saturated heterocycles. The molecule has 0 aliphatic heterocycles. The van der Waals surface area contributed by atoms with Gasteiger partial charge in [-0.2, -0.15) is 5.10 Å². The van der Waals surface area contributed by atoms with Crippen molar-refractivity contribution in [2.75, 3.05) is 11.9 Å². The van der Waals surface area contributed by atoms with Crippen molar-refractivity contribution in [3.05, 3.63) is 57.6 Å². The summed E-state index contributed by atoms with van der Waals surface area (Å²) in [5.41, 5.74) is 4.20. The molecule has 0 heterocycles. The maximum Gasteiger partial charge on any atom is 0.329 e. The topological polar surface area (TPSA) is 79.8 Å². The predicted molar refractivity (Wildman–Crippen MR) is 108 cm³/mol. The van der Waals surface area contributed by atoms with Gasteiger partial charge < -0.3 is 10.1 Å². The second-order valence-electron chi connectivity index (χ2n) is 5.68. The summed E-state index contributed by atoms with van der Waals surface area (Å²) in [4.78, 5) is 23.7. The minimum Gasteiger partial charge on any atom is -0.490 e. The predicted octanol–water partition coefficient (Wildman–Crippen LogP) is 4.18. The minimum atomic E-state index is -0.896. The third kappa shape index (κ3) is 6.27. The van der Waals surface area contributed by atoms with E-state index in [0.717, 1.165) is 12.0 Å². The van der Waals surface area contributed by atoms with Crippen LogP contribution in [0.15, 0.2) is 41.5 Å². The van der Waals surface area contributed by atoms with E-state index in [1.54, 1.807) is 30.3 Å². The zero-order chi connectivity index (χ0) is 19.8. The Bertz CT molecular complexity index is 846. The monoisotopic (exact) mass is 407 g/mol. The molecule has 0 saturated carbocycles. The van der Waals surface area contributed by atoms with E-state index >= 15 is 0 Å². The maximum absolute atomic E-state index is 11.9. The number of hydrazone groups is 1. The van der Waals surface area contributed by atoms with Gasteiger partial charge in [-0.05, 0) is 48.7 Å². The quantitative estimate of drug-likeness (QED) is 0.428. The van der Waals surface area contributed by atoms with Crippen LogP contribution in [0.2, 0.25) is 10.0 Å². The van der Waals surface area contributed by atoms with Crippen molar-refractivity contribution >= 4 is 46.9 Å². The Morgan fingerprint density at radius 2 is 1.85 bits per heavy atom. The number of carbonyl (C=O) groups is 2. The molecule has 2 aromatic carbocycles. The Balaban J connectivity index is 1.96. The van der Waals surface area contributed by atoms with E-state index in [1.165, 1.54) is 6.21 Å². The fourth-order valence-corrected chi connectivity index (χ4v) is 2.74. The second-order valence-corrected chi connectivity index (χ2v) is 6.50. The first-order valence-electron chi connectivity index (χ1n) is 8.23. The Labute approximate surface area is 167 Å². The normalized spacial score (nSPS) is 10.7. The number of halogens is 2. The van der Waals surface area contributed by atoms with E-state index in [4.69, 9.17) is 27.9 Å². The summed E-state index contributed by atoms with van der Waals surface area (Å²) in [5.74, 6) is -1.32. The first-order chi connectivity index (χ1) is 12.9. The lowest BCUT2D eigenvalue weighted by atomic mass is 10.2. The molecule has 0 fully saturated rings. The molecule has 0 bridgehead atoms. The van der Waals surface area contributed by atoms with E-state index in [0.29, 0.717) is 33.7 Å². The summed E-state index contributed by atoms with van der Waals surface area (Å²) < 4.78 is 5.48. The fourth-order valence-electron chi connectivity index (χ4n) is 2.12. The van der Waals surface area contributed by atoms with Crippen molar-refractivity contribution in [3.8, 4) is 5.75 Å². The summed E-state index contributed by atoms with van der Waals surface area (Å²) in [7, 11) is 0. The van der Waals surface area contributed by atoms with Gasteiger partial charge in [0.25, 0.3) is 0 Å². The van der Waals surface area contributed by atoms with Crippen LogP contribution in [0.3, 0.4) is 0 Å². The van der Waals surface area contributed by atoms with E-state index in [9.17, 15) is 9.59 Å². The molecule has 2 N–H and O–H groups in total. The van der Waals surface area contributed by atoms with Gasteiger partial charge in [0, 0.05) is 5.69 Å². The molecule has 0 aromatic heterocycles. The SMILES string of the molecule is CCCOc1c(Cl)cc(/C=N\NC(=O)C(=O)Nc2cccc(C)c2)cc1Cl. The Hall–Kier alpha value is -2.57. The van der Waals surface area contributed by atoms with Gasteiger partial charge in [-0.3, -0.25) is 9.59 Å². The number of carbonyl (C=O) groups excluding carboxylic acids is 2. The van der Waals surface area contributed by atoms with Crippen LogP contribution in [0, 0.1) is 6.92 Å². The van der Waals surface area contributed by atoms with Crippen molar-refractivity contribution in [1.82, 2.24) is 5.43 Å². The van der Waals surface area contributed by atoms with Crippen LogP contribution in [0.1, 0.15) is 24.5 Å². The number of rotatable bonds is 6. The lowest BCUT2D eigenvalue weighted by Crippen LogP contribution is -2.32. The third-order valence-corrected chi connectivity index (χ3v) is 3.89. The molecular weight excluding hydrogens is 389 g/mol. The summed E-state index contributed by atoms with van der Waals surface area (Å²) in [6, 6.07) is 10.3. The second kappa shape index (κ2) is 9.94. The van der Waals surface area contributed by atoms with Crippen LogP contribution in [0.25, 0.3) is 0 Å². The van der Waals surface area contributed by atoms with Gasteiger partial charge in [-0.1, -0.05) is 42.3 Å². The largest absolute Gasteiger partial charge is 0.490 e. The Morgan fingerprint density at radius 1 is 1.15 bits per heavy atom. The molecule has 142 valence electrons.